The molecule has 0 spiro atoms. The first-order chi connectivity index (χ1) is 12.5. The van der Waals surface area contributed by atoms with Crippen LogP contribution in [0.1, 0.15) is 28.8 Å². The molecule has 1 saturated heterocycles. The molecule has 136 valence electrons. The van der Waals surface area contributed by atoms with Crippen LogP contribution in [0.15, 0.2) is 42.5 Å². The Morgan fingerprint density at radius 1 is 1.23 bits per heavy atom. The Kier molecular flexibility index (Phi) is 5.57. The van der Waals surface area contributed by atoms with E-state index in [-0.39, 0.29) is 29.8 Å². The van der Waals surface area contributed by atoms with Crippen LogP contribution >= 0.6 is 11.6 Å². The van der Waals surface area contributed by atoms with E-state index in [0.717, 1.165) is 5.56 Å². The standard InChI is InChI=1S/C20H20ClFN2O2/c1-13-11-15(21)8-9-18(13)23-19(25)14-5-4-10-24(12-14)20(26)16-6-2-3-7-17(16)22/h2-3,6-9,11,14H,4-5,10,12H2,1H3,(H,23,25). The number of anilines is 1. The van der Waals surface area contributed by atoms with Crippen molar-refractivity contribution >= 4 is 29.1 Å². The van der Waals surface area contributed by atoms with Crippen LogP contribution in [0, 0.1) is 18.7 Å². The van der Waals surface area contributed by atoms with Crippen molar-refractivity contribution in [3.63, 3.8) is 0 Å². The fourth-order valence-electron chi connectivity index (χ4n) is 3.18. The maximum absolute atomic E-state index is 13.9. The molecule has 0 saturated carbocycles. The van der Waals surface area contributed by atoms with Crippen LogP contribution in [0.25, 0.3) is 0 Å². The highest BCUT2D eigenvalue weighted by Crippen LogP contribution is 2.24. The van der Waals surface area contributed by atoms with E-state index in [0.29, 0.717) is 30.1 Å². The third-order valence-corrected chi connectivity index (χ3v) is 4.87. The van der Waals surface area contributed by atoms with Gasteiger partial charge in [-0.15, -0.1) is 0 Å². The van der Waals surface area contributed by atoms with Crippen molar-refractivity contribution in [2.45, 2.75) is 19.8 Å². The zero-order valence-corrected chi connectivity index (χ0v) is 15.2. The minimum atomic E-state index is -0.541. The molecule has 3 rings (SSSR count). The normalized spacial score (nSPS) is 17.0. The molecule has 0 aliphatic carbocycles. The number of carbonyl (C=O) groups excluding carboxylic acids is 2. The number of aryl methyl sites for hydroxylation is 1. The largest absolute Gasteiger partial charge is 0.338 e. The van der Waals surface area contributed by atoms with Crippen molar-refractivity contribution < 1.29 is 14.0 Å². The molecule has 1 fully saturated rings. The SMILES string of the molecule is Cc1cc(Cl)ccc1NC(=O)C1CCCN(C(=O)c2ccccc2F)C1. The van der Waals surface area contributed by atoms with Crippen molar-refractivity contribution in [1.82, 2.24) is 4.90 Å². The van der Waals surface area contributed by atoms with E-state index < -0.39 is 5.82 Å². The molecule has 2 amide bonds. The van der Waals surface area contributed by atoms with E-state index >= 15 is 0 Å². The predicted octanol–water partition coefficient (Wildman–Crippen LogP) is 4.28. The summed E-state index contributed by atoms with van der Waals surface area (Å²) in [4.78, 5) is 26.8. The third-order valence-electron chi connectivity index (χ3n) is 4.63. The van der Waals surface area contributed by atoms with E-state index in [2.05, 4.69) is 5.32 Å². The summed E-state index contributed by atoms with van der Waals surface area (Å²) in [6, 6.07) is 11.2. The molecule has 0 aromatic heterocycles. The van der Waals surface area contributed by atoms with E-state index in [4.69, 9.17) is 11.6 Å². The minimum absolute atomic E-state index is 0.0436. The highest BCUT2D eigenvalue weighted by molar-refractivity contribution is 6.30. The van der Waals surface area contributed by atoms with Gasteiger partial charge in [0.25, 0.3) is 5.91 Å². The highest BCUT2D eigenvalue weighted by Gasteiger charge is 2.30. The molecular weight excluding hydrogens is 355 g/mol. The molecule has 26 heavy (non-hydrogen) atoms. The molecule has 1 aliphatic rings. The van der Waals surface area contributed by atoms with Gasteiger partial charge in [0, 0.05) is 23.8 Å². The summed E-state index contributed by atoms with van der Waals surface area (Å²) in [5.74, 6) is -1.37. The Bertz CT molecular complexity index is 840. The van der Waals surface area contributed by atoms with Gasteiger partial charge < -0.3 is 10.2 Å². The summed E-state index contributed by atoms with van der Waals surface area (Å²) >= 11 is 5.94. The van der Waals surface area contributed by atoms with Crippen molar-refractivity contribution in [1.29, 1.82) is 0 Å². The van der Waals surface area contributed by atoms with Crippen LogP contribution in [-0.4, -0.2) is 29.8 Å². The summed E-state index contributed by atoms with van der Waals surface area (Å²) in [5, 5.41) is 3.52. The molecule has 1 unspecified atom stereocenters. The number of hydrogen-bond donors (Lipinski definition) is 1. The predicted molar refractivity (Wildman–Crippen MR) is 99.8 cm³/mol. The van der Waals surface area contributed by atoms with Gasteiger partial charge in [0.15, 0.2) is 0 Å². The second kappa shape index (κ2) is 7.87. The molecule has 0 bridgehead atoms. The van der Waals surface area contributed by atoms with Crippen molar-refractivity contribution in [2.75, 3.05) is 18.4 Å². The van der Waals surface area contributed by atoms with Crippen LogP contribution in [0.2, 0.25) is 5.02 Å². The summed E-state index contributed by atoms with van der Waals surface area (Å²) < 4.78 is 13.9. The number of carbonyl (C=O) groups is 2. The second-order valence-corrected chi connectivity index (χ2v) is 6.96. The Morgan fingerprint density at radius 3 is 2.73 bits per heavy atom. The van der Waals surface area contributed by atoms with Gasteiger partial charge in [-0.25, -0.2) is 4.39 Å². The Morgan fingerprint density at radius 2 is 2.00 bits per heavy atom. The maximum Gasteiger partial charge on any atom is 0.256 e. The topological polar surface area (TPSA) is 49.4 Å². The van der Waals surface area contributed by atoms with Gasteiger partial charge in [0.05, 0.1) is 11.5 Å². The van der Waals surface area contributed by atoms with Crippen molar-refractivity contribution in [3.05, 3.63) is 64.4 Å². The van der Waals surface area contributed by atoms with Crippen LogP contribution in [0.3, 0.4) is 0 Å². The average Bonchev–Trinajstić information content (AvgIpc) is 2.64. The van der Waals surface area contributed by atoms with E-state index in [9.17, 15) is 14.0 Å². The molecule has 1 aliphatic heterocycles. The zero-order chi connectivity index (χ0) is 18.7. The lowest BCUT2D eigenvalue weighted by Gasteiger charge is -2.32. The van der Waals surface area contributed by atoms with Crippen molar-refractivity contribution in [3.8, 4) is 0 Å². The smallest absolute Gasteiger partial charge is 0.256 e. The lowest BCUT2D eigenvalue weighted by molar-refractivity contribution is -0.121. The summed E-state index contributed by atoms with van der Waals surface area (Å²) in [7, 11) is 0. The summed E-state index contributed by atoms with van der Waals surface area (Å²) in [6.45, 7) is 2.68. The number of benzene rings is 2. The van der Waals surface area contributed by atoms with Crippen LogP contribution in [-0.2, 0) is 4.79 Å². The number of nitrogens with zero attached hydrogens (tertiary/aromatic N) is 1. The summed E-state index contributed by atoms with van der Waals surface area (Å²) in [5.41, 5.74) is 1.63. The first kappa shape index (κ1) is 18.4. The first-order valence-corrected chi connectivity index (χ1v) is 8.94. The molecule has 1 atom stereocenters. The monoisotopic (exact) mass is 374 g/mol. The fraction of sp³-hybridized carbons (Fsp3) is 0.300. The average molecular weight is 375 g/mol. The lowest BCUT2D eigenvalue weighted by atomic mass is 9.96. The molecule has 2 aromatic rings. The maximum atomic E-state index is 13.9. The Labute approximate surface area is 157 Å². The Hall–Kier alpha value is -2.40. The Balaban J connectivity index is 1.69. The minimum Gasteiger partial charge on any atom is -0.338 e. The van der Waals surface area contributed by atoms with Gasteiger partial charge in [-0.2, -0.15) is 0 Å². The summed E-state index contributed by atoms with van der Waals surface area (Å²) in [6.07, 6.45) is 1.40. The number of halogens is 2. The molecule has 1 heterocycles. The van der Waals surface area contributed by atoms with Gasteiger partial charge in [0.2, 0.25) is 5.91 Å². The third kappa shape index (κ3) is 4.05. The second-order valence-electron chi connectivity index (χ2n) is 6.52. The fourth-order valence-corrected chi connectivity index (χ4v) is 3.41. The molecule has 6 heteroatoms. The molecule has 2 aromatic carbocycles. The highest BCUT2D eigenvalue weighted by atomic mass is 35.5. The van der Waals surface area contributed by atoms with E-state index in [1.165, 1.54) is 12.1 Å². The van der Waals surface area contributed by atoms with Gasteiger partial charge in [0.1, 0.15) is 5.82 Å². The van der Waals surface area contributed by atoms with Crippen molar-refractivity contribution in [2.24, 2.45) is 5.92 Å². The van der Waals surface area contributed by atoms with Crippen LogP contribution in [0.4, 0.5) is 10.1 Å². The lowest BCUT2D eigenvalue weighted by Crippen LogP contribution is -2.44. The molecular formula is C20H20ClFN2O2. The van der Waals surface area contributed by atoms with Gasteiger partial charge in [-0.3, -0.25) is 9.59 Å². The molecule has 4 nitrogen and oxygen atoms in total. The number of hydrogen-bond acceptors (Lipinski definition) is 2. The molecule has 0 radical (unpaired) electrons. The van der Waals surface area contributed by atoms with Crippen LogP contribution in [0.5, 0.6) is 0 Å². The van der Waals surface area contributed by atoms with Crippen LogP contribution < -0.4 is 5.32 Å². The van der Waals surface area contributed by atoms with Gasteiger partial charge in [-0.1, -0.05) is 23.7 Å². The number of nitrogens with one attached hydrogen (secondary N) is 1. The molecule has 1 N–H and O–H groups in total. The van der Waals surface area contributed by atoms with E-state index in [1.54, 1.807) is 35.2 Å². The number of amides is 2. The quantitative estimate of drug-likeness (QED) is 0.871. The number of rotatable bonds is 3. The number of likely N-dealkylation sites (tertiary alicyclic amines) is 1. The van der Waals surface area contributed by atoms with Gasteiger partial charge >= 0.3 is 0 Å². The number of piperidine rings is 1. The first-order valence-electron chi connectivity index (χ1n) is 8.56. The van der Waals surface area contributed by atoms with E-state index in [1.807, 2.05) is 6.92 Å². The zero-order valence-electron chi connectivity index (χ0n) is 14.5. The van der Waals surface area contributed by atoms with Gasteiger partial charge in [-0.05, 0) is 55.7 Å².